The molecular formula is C14H23NO5S. The van der Waals surface area contributed by atoms with Gasteiger partial charge in [0.1, 0.15) is 5.75 Å². The monoisotopic (exact) mass is 317 g/mol. The number of methoxy groups -OCH3 is 2. The molecule has 0 saturated carbocycles. The van der Waals surface area contributed by atoms with Crippen LogP contribution in [0.2, 0.25) is 0 Å². The second kappa shape index (κ2) is 9.73. The first-order valence-corrected chi connectivity index (χ1v) is 8.40. The Morgan fingerprint density at radius 2 is 1.86 bits per heavy atom. The van der Waals surface area contributed by atoms with Crippen molar-refractivity contribution in [3.8, 4) is 5.75 Å². The second-order valence-corrected chi connectivity index (χ2v) is 6.31. The molecule has 21 heavy (non-hydrogen) atoms. The standard InChI is InChI=1S/C14H23NO5S/c1-18-9-10-20-11-12-21(16,17)15-8-7-13-5-3-4-6-14(13)19-2/h3-6,15H,7-12H2,1-2H3. The maximum Gasteiger partial charge on any atom is 0.213 e. The summed E-state index contributed by atoms with van der Waals surface area (Å²) in [6.45, 7) is 1.35. The Hall–Kier alpha value is -1.15. The van der Waals surface area contributed by atoms with Crippen molar-refractivity contribution in [3.05, 3.63) is 29.8 Å². The van der Waals surface area contributed by atoms with Gasteiger partial charge in [0.15, 0.2) is 0 Å². The first-order valence-electron chi connectivity index (χ1n) is 6.75. The highest BCUT2D eigenvalue weighted by Gasteiger charge is 2.10. The summed E-state index contributed by atoms with van der Waals surface area (Å²) in [6.07, 6.45) is 0.577. The zero-order chi connectivity index (χ0) is 15.6. The van der Waals surface area contributed by atoms with E-state index in [4.69, 9.17) is 14.2 Å². The van der Waals surface area contributed by atoms with E-state index in [1.165, 1.54) is 0 Å². The predicted octanol–water partition coefficient (Wildman–Crippen LogP) is 0.820. The van der Waals surface area contributed by atoms with Gasteiger partial charge in [-0.2, -0.15) is 0 Å². The molecule has 7 heteroatoms. The van der Waals surface area contributed by atoms with Crippen LogP contribution in [0.1, 0.15) is 5.56 Å². The molecule has 0 aromatic heterocycles. The minimum Gasteiger partial charge on any atom is -0.496 e. The van der Waals surface area contributed by atoms with E-state index in [1.54, 1.807) is 14.2 Å². The van der Waals surface area contributed by atoms with Gasteiger partial charge in [-0.3, -0.25) is 0 Å². The van der Waals surface area contributed by atoms with Gasteiger partial charge in [0.25, 0.3) is 0 Å². The molecule has 0 amide bonds. The van der Waals surface area contributed by atoms with Gasteiger partial charge in [-0.25, -0.2) is 13.1 Å². The third kappa shape index (κ3) is 7.42. The van der Waals surface area contributed by atoms with Gasteiger partial charge in [-0.1, -0.05) is 18.2 Å². The summed E-state index contributed by atoms with van der Waals surface area (Å²) < 4.78 is 41.2. The van der Waals surface area contributed by atoms with E-state index in [-0.39, 0.29) is 12.4 Å². The van der Waals surface area contributed by atoms with Crippen LogP contribution < -0.4 is 9.46 Å². The van der Waals surface area contributed by atoms with Crippen molar-refractivity contribution < 1.29 is 22.6 Å². The van der Waals surface area contributed by atoms with Gasteiger partial charge in [-0.05, 0) is 18.1 Å². The topological polar surface area (TPSA) is 73.9 Å². The predicted molar refractivity (Wildman–Crippen MR) is 81.2 cm³/mol. The minimum absolute atomic E-state index is 0.0529. The van der Waals surface area contributed by atoms with Crippen LogP contribution in [0.5, 0.6) is 5.75 Å². The van der Waals surface area contributed by atoms with E-state index in [2.05, 4.69) is 4.72 Å². The van der Waals surface area contributed by atoms with Crippen LogP contribution >= 0.6 is 0 Å². The SMILES string of the molecule is COCCOCCS(=O)(=O)NCCc1ccccc1OC. The molecule has 1 rings (SSSR count). The molecule has 0 spiro atoms. The first-order chi connectivity index (χ1) is 10.1. The summed E-state index contributed by atoms with van der Waals surface area (Å²) in [5.41, 5.74) is 0.971. The maximum atomic E-state index is 11.8. The number of hydrogen-bond acceptors (Lipinski definition) is 5. The van der Waals surface area contributed by atoms with Crippen molar-refractivity contribution in [1.29, 1.82) is 0 Å². The number of hydrogen-bond donors (Lipinski definition) is 1. The van der Waals surface area contributed by atoms with E-state index in [0.717, 1.165) is 11.3 Å². The van der Waals surface area contributed by atoms with E-state index < -0.39 is 10.0 Å². The van der Waals surface area contributed by atoms with Gasteiger partial charge >= 0.3 is 0 Å². The van der Waals surface area contributed by atoms with Crippen molar-refractivity contribution in [2.75, 3.05) is 46.3 Å². The Morgan fingerprint density at radius 3 is 2.57 bits per heavy atom. The Labute approximate surface area is 126 Å². The van der Waals surface area contributed by atoms with E-state index in [9.17, 15) is 8.42 Å². The van der Waals surface area contributed by atoms with Crippen molar-refractivity contribution in [2.45, 2.75) is 6.42 Å². The van der Waals surface area contributed by atoms with Crippen LogP contribution in [0, 0.1) is 0 Å². The zero-order valence-electron chi connectivity index (χ0n) is 12.5. The molecule has 6 nitrogen and oxygen atoms in total. The Kier molecular flexibility index (Phi) is 8.29. The lowest BCUT2D eigenvalue weighted by atomic mass is 10.1. The van der Waals surface area contributed by atoms with Crippen LogP contribution in [0.15, 0.2) is 24.3 Å². The quantitative estimate of drug-likeness (QED) is 0.612. The summed E-state index contributed by atoms with van der Waals surface area (Å²) in [5.74, 6) is 0.711. The second-order valence-electron chi connectivity index (χ2n) is 4.38. The highest BCUT2D eigenvalue weighted by atomic mass is 32.2. The third-order valence-electron chi connectivity index (χ3n) is 2.84. The first kappa shape index (κ1) is 17.9. The molecule has 120 valence electrons. The molecule has 0 unspecified atom stereocenters. The molecule has 0 saturated heterocycles. The van der Waals surface area contributed by atoms with E-state index in [1.807, 2.05) is 24.3 Å². The lowest BCUT2D eigenvalue weighted by Gasteiger charge is -2.10. The fourth-order valence-corrected chi connectivity index (χ4v) is 2.63. The summed E-state index contributed by atoms with van der Waals surface area (Å²) in [5, 5.41) is 0. The fraction of sp³-hybridized carbons (Fsp3) is 0.571. The number of rotatable bonds is 11. The summed E-state index contributed by atoms with van der Waals surface area (Å²) in [7, 11) is -0.149. The van der Waals surface area contributed by atoms with Gasteiger partial charge in [0.2, 0.25) is 10.0 Å². The Morgan fingerprint density at radius 1 is 1.10 bits per heavy atom. The summed E-state index contributed by atoms with van der Waals surface area (Å²) >= 11 is 0. The van der Waals surface area contributed by atoms with Crippen LogP contribution in [-0.2, 0) is 25.9 Å². The van der Waals surface area contributed by atoms with Crippen molar-refractivity contribution in [1.82, 2.24) is 4.72 Å². The molecule has 0 aliphatic carbocycles. The highest BCUT2D eigenvalue weighted by molar-refractivity contribution is 7.89. The van der Waals surface area contributed by atoms with Gasteiger partial charge in [-0.15, -0.1) is 0 Å². The number of benzene rings is 1. The van der Waals surface area contributed by atoms with Crippen LogP contribution in [0.3, 0.4) is 0 Å². The lowest BCUT2D eigenvalue weighted by Crippen LogP contribution is -2.30. The zero-order valence-corrected chi connectivity index (χ0v) is 13.3. The third-order valence-corrected chi connectivity index (χ3v) is 4.19. The molecule has 0 aliphatic rings. The Balaban J connectivity index is 2.30. The minimum atomic E-state index is -3.32. The summed E-state index contributed by atoms with van der Waals surface area (Å²) in [6, 6.07) is 7.55. The number of para-hydroxylation sites is 1. The molecule has 1 aromatic rings. The molecule has 0 heterocycles. The molecule has 0 aliphatic heterocycles. The van der Waals surface area contributed by atoms with Crippen molar-refractivity contribution in [3.63, 3.8) is 0 Å². The fourth-order valence-electron chi connectivity index (χ4n) is 1.74. The average Bonchev–Trinajstić information content (AvgIpc) is 2.47. The van der Waals surface area contributed by atoms with Crippen molar-refractivity contribution in [2.24, 2.45) is 0 Å². The van der Waals surface area contributed by atoms with Crippen LogP contribution in [0.4, 0.5) is 0 Å². The molecular weight excluding hydrogens is 294 g/mol. The lowest BCUT2D eigenvalue weighted by molar-refractivity contribution is 0.0784. The van der Waals surface area contributed by atoms with Gasteiger partial charge in [0.05, 0.1) is 32.7 Å². The number of nitrogens with one attached hydrogen (secondary N) is 1. The van der Waals surface area contributed by atoms with Gasteiger partial charge < -0.3 is 14.2 Å². The normalized spacial score (nSPS) is 11.5. The van der Waals surface area contributed by atoms with Crippen LogP contribution in [-0.4, -0.2) is 54.8 Å². The molecule has 1 aromatic carbocycles. The van der Waals surface area contributed by atoms with E-state index in [0.29, 0.717) is 26.2 Å². The number of sulfonamides is 1. The molecule has 0 atom stereocenters. The molecule has 0 bridgehead atoms. The van der Waals surface area contributed by atoms with Crippen LogP contribution in [0.25, 0.3) is 0 Å². The largest absolute Gasteiger partial charge is 0.496 e. The molecule has 0 radical (unpaired) electrons. The number of ether oxygens (including phenoxy) is 3. The van der Waals surface area contributed by atoms with Gasteiger partial charge in [0, 0.05) is 13.7 Å². The average molecular weight is 317 g/mol. The summed E-state index contributed by atoms with van der Waals surface area (Å²) in [4.78, 5) is 0. The van der Waals surface area contributed by atoms with Crippen molar-refractivity contribution >= 4 is 10.0 Å². The Bertz CT molecular complexity index is 504. The molecule has 0 fully saturated rings. The molecule has 1 N–H and O–H groups in total. The smallest absolute Gasteiger partial charge is 0.213 e. The maximum absolute atomic E-state index is 11.8. The van der Waals surface area contributed by atoms with E-state index >= 15 is 0 Å². The highest BCUT2D eigenvalue weighted by Crippen LogP contribution is 2.17.